The van der Waals surface area contributed by atoms with Crippen LogP contribution in [-0.4, -0.2) is 67.1 Å². The molecule has 2 N–H and O–H groups in total. The van der Waals surface area contributed by atoms with Gasteiger partial charge in [0.05, 0.1) is 0 Å². The van der Waals surface area contributed by atoms with Crippen molar-refractivity contribution in [1.29, 1.82) is 0 Å². The molecule has 7 heteroatoms. The normalized spacial score (nSPS) is 30.9. The van der Waals surface area contributed by atoms with Gasteiger partial charge in [-0.2, -0.15) is 4.98 Å². The third-order valence-electron chi connectivity index (χ3n) is 6.71. The van der Waals surface area contributed by atoms with E-state index in [4.69, 9.17) is 5.73 Å². The molecule has 1 saturated heterocycles. The van der Waals surface area contributed by atoms with E-state index in [2.05, 4.69) is 19.8 Å². The van der Waals surface area contributed by atoms with Crippen molar-refractivity contribution in [3.8, 4) is 0 Å². The second-order valence-electron chi connectivity index (χ2n) is 8.62. The monoisotopic (exact) mass is 372 g/mol. The van der Waals surface area contributed by atoms with Crippen molar-refractivity contribution in [2.75, 3.05) is 50.1 Å². The van der Waals surface area contributed by atoms with Gasteiger partial charge in [-0.3, -0.25) is 4.79 Å². The molecule has 3 fully saturated rings. The zero-order valence-electron chi connectivity index (χ0n) is 16.5. The number of hydrogen-bond acceptors (Lipinski definition) is 6. The zero-order valence-corrected chi connectivity index (χ0v) is 16.5. The summed E-state index contributed by atoms with van der Waals surface area (Å²) in [6.45, 7) is 3.21. The average molecular weight is 373 g/mol. The van der Waals surface area contributed by atoms with Crippen molar-refractivity contribution < 1.29 is 4.79 Å². The van der Waals surface area contributed by atoms with Gasteiger partial charge < -0.3 is 20.4 Å². The maximum absolute atomic E-state index is 13.1. The van der Waals surface area contributed by atoms with E-state index < -0.39 is 0 Å². The summed E-state index contributed by atoms with van der Waals surface area (Å²) in [4.78, 5) is 28.3. The highest BCUT2D eigenvalue weighted by Gasteiger charge is 2.41. The largest absolute Gasteiger partial charge is 0.353 e. The van der Waals surface area contributed by atoms with Crippen LogP contribution in [-0.2, 0) is 4.79 Å². The highest BCUT2D eigenvalue weighted by molar-refractivity contribution is 5.79. The molecule has 1 aromatic rings. The predicted molar refractivity (Wildman–Crippen MR) is 107 cm³/mol. The molecule has 4 rings (SSSR count). The topological polar surface area (TPSA) is 78.6 Å². The third-order valence-corrected chi connectivity index (χ3v) is 6.71. The predicted octanol–water partition coefficient (Wildman–Crippen LogP) is 1.34. The van der Waals surface area contributed by atoms with Crippen molar-refractivity contribution in [3.05, 3.63) is 12.3 Å². The summed E-state index contributed by atoms with van der Waals surface area (Å²) in [5.41, 5.74) is 6.39. The van der Waals surface area contributed by atoms with Crippen molar-refractivity contribution >= 4 is 17.7 Å². The van der Waals surface area contributed by atoms with E-state index in [-0.39, 0.29) is 5.92 Å². The number of anilines is 2. The molecule has 2 saturated carbocycles. The SMILES string of the molecule is CN(C)c1nccc(N2CCN(C(=O)C3CC4CCCC(C3)C4N)CC2)n1. The fraction of sp³-hybridized carbons (Fsp3) is 0.750. The summed E-state index contributed by atoms with van der Waals surface area (Å²) in [6, 6.07) is 2.28. The molecule has 3 aliphatic rings. The Morgan fingerprint density at radius 3 is 2.44 bits per heavy atom. The zero-order chi connectivity index (χ0) is 19.0. The Kier molecular flexibility index (Phi) is 5.21. The maximum atomic E-state index is 13.1. The van der Waals surface area contributed by atoms with Crippen LogP contribution in [0.25, 0.3) is 0 Å². The average Bonchev–Trinajstić information content (AvgIpc) is 2.67. The highest BCUT2D eigenvalue weighted by atomic mass is 16.2. The lowest BCUT2D eigenvalue weighted by molar-refractivity contribution is -0.138. The summed E-state index contributed by atoms with van der Waals surface area (Å²) in [6.07, 6.45) is 7.49. The molecule has 1 amide bonds. The minimum Gasteiger partial charge on any atom is -0.353 e. The first-order chi connectivity index (χ1) is 13.0. The van der Waals surface area contributed by atoms with Gasteiger partial charge in [0.25, 0.3) is 0 Å². The molecule has 7 nitrogen and oxygen atoms in total. The second-order valence-corrected chi connectivity index (χ2v) is 8.62. The van der Waals surface area contributed by atoms with Gasteiger partial charge >= 0.3 is 0 Å². The molecule has 27 heavy (non-hydrogen) atoms. The van der Waals surface area contributed by atoms with Gasteiger partial charge in [-0.05, 0) is 43.6 Å². The first-order valence-electron chi connectivity index (χ1n) is 10.3. The van der Waals surface area contributed by atoms with Gasteiger partial charge in [0, 0.05) is 58.4 Å². The Bertz CT molecular complexity index is 658. The first kappa shape index (κ1) is 18.5. The van der Waals surface area contributed by atoms with Crippen LogP contribution in [0.5, 0.6) is 0 Å². The number of carbonyl (C=O) groups is 1. The Morgan fingerprint density at radius 2 is 1.81 bits per heavy atom. The van der Waals surface area contributed by atoms with Gasteiger partial charge in [0.2, 0.25) is 11.9 Å². The molecule has 1 aromatic heterocycles. The number of piperazine rings is 1. The Morgan fingerprint density at radius 1 is 1.15 bits per heavy atom. The molecule has 0 aromatic carbocycles. The first-order valence-corrected chi connectivity index (χ1v) is 10.3. The van der Waals surface area contributed by atoms with E-state index >= 15 is 0 Å². The van der Waals surface area contributed by atoms with E-state index in [9.17, 15) is 4.79 Å². The standard InChI is InChI=1S/C20H32N6O/c1-24(2)20-22-7-6-17(23-20)25-8-10-26(11-9-25)19(27)16-12-14-4-3-5-15(13-16)18(14)21/h6-7,14-16,18H,3-5,8-13,21H2,1-2H3. The van der Waals surface area contributed by atoms with Crippen molar-refractivity contribution in [2.24, 2.45) is 23.5 Å². The second kappa shape index (κ2) is 7.62. The van der Waals surface area contributed by atoms with Crippen LogP contribution in [0.4, 0.5) is 11.8 Å². The molecule has 2 unspecified atom stereocenters. The number of amides is 1. The molecule has 2 heterocycles. The van der Waals surface area contributed by atoms with Gasteiger partial charge in [-0.1, -0.05) is 6.42 Å². The van der Waals surface area contributed by atoms with E-state index in [1.807, 2.05) is 25.1 Å². The highest BCUT2D eigenvalue weighted by Crippen LogP contribution is 2.42. The molecule has 0 spiro atoms. The molecule has 2 aliphatic carbocycles. The summed E-state index contributed by atoms with van der Waals surface area (Å²) in [5, 5.41) is 0. The van der Waals surface area contributed by atoms with Gasteiger partial charge in [0.15, 0.2) is 0 Å². The molecule has 0 radical (unpaired) electrons. The van der Waals surface area contributed by atoms with Crippen molar-refractivity contribution in [2.45, 2.75) is 38.1 Å². The molecule has 2 bridgehead atoms. The van der Waals surface area contributed by atoms with E-state index in [0.717, 1.165) is 50.8 Å². The van der Waals surface area contributed by atoms with Crippen molar-refractivity contribution in [1.82, 2.24) is 14.9 Å². The fourth-order valence-electron chi connectivity index (χ4n) is 5.14. The quantitative estimate of drug-likeness (QED) is 0.863. The number of nitrogens with zero attached hydrogens (tertiary/aromatic N) is 5. The van der Waals surface area contributed by atoms with E-state index in [1.165, 1.54) is 19.3 Å². The van der Waals surface area contributed by atoms with Crippen LogP contribution in [0.15, 0.2) is 12.3 Å². The number of aromatic nitrogens is 2. The summed E-state index contributed by atoms with van der Waals surface area (Å²) in [7, 11) is 3.89. The summed E-state index contributed by atoms with van der Waals surface area (Å²) in [5.74, 6) is 3.31. The lowest BCUT2D eigenvalue weighted by Crippen LogP contribution is -2.53. The van der Waals surface area contributed by atoms with E-state index in [1.54, 1.807) is 6.20 Å². The smallest absolute Gasteiger partial charge is 0.226 e. The minimum absolute atomic E-state index is 0.186. The number of fused-ring (bicyclic) bond motifs is 2. The lowest BCUT2D eigenvalue weighted by Gasteiger charge is -2.45. The van der Waals surface area contributed by atoms with Crippen LogP contribution in [0.1, 0.15) is 32.1 Å². The Balaban J connectivity index is 1.35. The summed E-state index contributed by atoms with van der Waals surface area (Å²) < 4.78 is 0. The molecule has 148 valence electrons. The number of rotatable bonds is 3. The van der Waals surface area contributed by atoms with Gasteiger partial charge in [-0.15, -0.1) is 0 Å². The minimum atomic E-state index is 0.186. The van der Waals surface area contributed by atoms with Crippen LogP contribution >= 0.6 is 0 Å². The fourth-order valence-corrected chi connectivity index (χ4v) is 5.14. The molecule has 1 aliphatic heterocycles. The van der Waals surface area contributed by atoms with Crippen LogP contribution in [0.2, 0.25) is 0 Å². The Hall–Kier alpha value is -1.89. The molecular weight excluding hydrogens is 340 g/mol. The lowest BCUT2D eigenvalue weighted by atomic mass is 9.65. The molecule has 2 atom stereocenters. The number of carbonyl (C=O) groups excluding carboxylic acids is 1. The van der Waals surface area contributed by atoms with Crippen LogP contribution in [0, 0.1) is 17.8 Å². The van der Waals surface area contributed by atoms with Gasteiger partial charge in [-0.25, -0.2) is 4.98 Å². The maximum Gasteiger partial charge on any atom is 0.226 e. The van der Waals surface area contributed by atoms with Crippen molar-refractivity contribution in [3.63, 3.8) is 0 Å². The summed E-state index contributed by atoms with van der Waals surface area (Å²) >= 11 is 0. The number of nitrogens with two attached hydrogens (primary N) is 1. The third kappa shape index (κ3) is 3.74. The van der Waals surface area contributed by atoms with Crippen LogP contribution < -0.4 is 15.5 Å². The number of hydrogen-bond donors (Lipinski definition) is 1. The van der Waals surface area contributed by atoms with Crippen LogP contribution in [0.3, 0.4) is 0 Å². The Labute approximate surface area is 161 Å². The van der Waals surface area contributed by atoms with Gasteiger partial charge in [0.1, 0.15) is 5.82 Å². The molecular formula is C20H32N6O. The van der Waals surface area contributed by atoms with E-state index in [0.29, 0.717) is 23.8 Å².